The SMILES string of the molecule is Cc1nn(C)c(C)c1CCC(=O)OC(C)C(=O)Nc1ccc2c(c1)C(=O)c1ccccc1C2=O. The molecule has 3 aromatic rings. The van der Waals surface area contributed by atoms with Crippen LogP contribution in [-0.2, 0) is 27.8 Å². The number of carbonyl (C=O) groups excluding carboxylic acids is 4. The van der Waals surface area contributed by atoms with Crippen molar-refractivity contribution in [2.45, 2.75) is 39.7 Å². The Bertz CT molecular complexity index is 1340. The molecule has 174 valence electrons. The summed E-state index contributed by atoms with van der Waals surface area (Å²) in [5.41, 5.74) is 4.41. The largest absolute Gasteiger partial charge is 0.453 e. The van der Waals surface area contributed by atoms with Crippen molar-refractivity contribution in [1.82, 2.24) is 9.78 Å². The maximum atomic E-state index is 12.9. The summed E-state index contributed by atoms with van der Waals surface area (Å²) in [6.45, 7) is 5.31. The number of hydrogen-bond acceptors (Lipinski definition) is 6. The number of ketones is 2. The number of ether oxygens (including phenoxy) is 1. The number of fused-ring (bicyclic) bond motifs is 2. The highest BCUT2D eigenvalue weighted by Gasteiger charge is 2.29. The maximum absolute atomic E-state index is 12.9. The summed E-state index contributed by atoms with van der Waals surface area (Å²) in [6.07, 6.45) is -0.432. The van der Waals surface area contributed by atoms with Gasteiger partial charge >= 0.3 is 5.97 Å². The lowest BCUT2D eigenvalue weighted by atomic mass is 9.84. The molecule has 1 aliphatic carbocycles. The van der Waals surface area contributed by atoms with E-state index in [1.807, 2.05) is 20.9 Å². The Morgan fingerprint density at radius 1 is 1.00 bits per heavy atom. The first-order valence-electron chi connectivity index (χ1n) is 11.0. The van der Waals surface area contributed by atoms with Crippen LogP contribution in [0.25, 0.3) is 0 Å². The van der Waals surface area contributed by atoms with Crippen LogP contribution in [0.2, 0.25) is 0 Å². The van der Waals surface area contributed by atoms with Crippen LogP contribution in [-0.4, -0.2) is 39.3 Å². The van der Waals surface area contributed by atoms with E-state index in [0.29, 0.717) is 28.8 Å². The number of rotatable bonds is 6. The lowest BCUT2D eigenvalue weighted by Crippen LogP contribution is -2.30. The molecule has 4 rings (SSSR count). The fourth-order valence-corrected chi connectivity index (χ4v) is 4.14. The molecular weight excluding hydrogens is 434 g/mol. The zero-order valence-corrected chi connectivity index (χ0v) is 19.5. The van der Waals surface area contributed by atoms with E-state index in [4.69, 9.17) is 4.74 Å². The fraction of sp³-hybridized carbons (Fsp3) is 0.269. The minimum atomic E-state index is -1.03. The van der Waals surface area contributed by atoms with Crippen molar-refractivity contribution in [3.63, 3.8) is 0 Å². The van der Waals surface area contributed by atoms with Gasteiger partial charge in [0.25, 0.3) is 5.91 Å². The van der Waals surface area contributed by atoms with Gasteiger partial charge in [0.2, 0.25) is 0 Å². The van der Waals surface area contributed by atoms with Crippen molar-refractivity contribution in [2.24, 2.45) is 7.05 Å². The molecule has 0 saturated carbocycles. The van der Waals surface area contributed by atoms with Crippen LogP contribution in [0.1, 0.15) is 62.1 Å². The molecule has 0 saturated heterocycles. The molecule has 34 heavy (non-hydrogen) atoms. The zero-order valence-electron chi connectivity index (χ0n) is 19.5. The lowest BCUT2D eigenvalue weighted by Gasteiger charge is -2.19. The van der Waals surface area contributed by atoms with Crippen LogP contribution < -0.4 is 5.32 Å². The van der Waals surface area contributed by atoms with Gasteiger partial charge in [0.05, 0.1) is 5.69 Å². The van der Waals surface area contributed by atoms with E-state index < -0.39 is 18.0 Å². The average molecular weight is 460 g/mol. The van der Waals surface area contributed by atoms with Crippen molar-refractivity contribution in [2.75, 3.05) is 5.32 Å². The molecule has 0 aliphatic heterocycles. The monoisotopic (exact) mass is 459 g/mol. The Hall–Kier alpha value is -4.07. The Morgan fingerprint density at radius 2 is 1.62 bits per heavy atom. The molecule has 1 amide bonds. The zero-order chi connectivity index (χ0) is 24.6. The smallest absolute Gasteiger partial charge is 0.306 e. The summed E-state index contributed by atoms with van der Waals surface area (Å²) in [6, 6.07) is 11.2. The van der Waals surface area contributed by atoms with Gasteiger partial charge in [-0.05, 0) is 51.0 Å². The molecule has 0 spiro atoms. The molecule has 0 bridgehead atoms. The molecular formula is C26H25N3O5. The molecule has 1 aliphatic rings. The molecule has 1 unspecified atom stereocenters. The molecule has 0 fully saturated rings. The third-order valence-electron chi connectivity index (χ3n) is 6.11. The number of aryl methyl sites for hydroxylation is 2. The molecule has 1 heterocycles. The highest BCUT2D eigenvalue weighted by molar-refractivity contribution is 6.28. The van der Waals surface area contributed by atoms with Gasteiger partial charge in [-0.3, -0.25) is 23.9 Å². The Labute approximate surface area is 196 Å². The number of esters is 1. The third kappa shape index (κ3) is 4.26. The standard InChI is InChI=1S/C26H25N3O5/c1-14-18(15(2)29(4)28-14)11-12-23(30)34-16(3)26(33)27-17-9-10-21-22(13-17)25(32)20-8-6-5-7-19(20)24(21)31/h5-10,13,16H,11-12H2,1-4H3,(H,27,33). The van der Waals surface area contributed by atoms with Crippen LogP contribution >= 0.6 is 0 Å². The van der Waals surface area contributed by atoms with E-state index in [0.717, 1.165) is 17.0 Å². The molecule has 2 aromatic carbocycles. The number of anilines is 1. The second kappa shape index (κ2) is 9.05. The van der Waals surface area contributed by atoms with Gasteiger partial charge in [-0.25, -0.2) is 0 Å². The Balaban J connectivity index is 1.39. The van der Waals surface area contributed by atoms with Gasteiger partial charge in [-0.1, -0.05) is 24.3 Å². The normalized spacial score (nSPS) is 13.2. The van der Waals surface area contributed by atoms with Gasteiger partial charge in [-0.2, -0.15) is 5.10 Å². The van der Waals surface area contributed by atoms with Crippen LogP contribution in [0.5, 0.6) is 0 Å². The highest BCUT2D eigenvalue weighted by Crippen LogP contribution is 2.29. The minimum absolute atomic E-state index is 0.125. The van der Waals surface area contributed by atoms with Crippen molar-refractivity contribution in [3.8, 4) is 0 Å². The fourth-order valence-electron chi connectivity index (χ4n) is 4.14. The second-order valence-corrected chi connectivity index (χ2v) is 8.36. The van der Waals surface area contributed by atoms with Crippen molar-refractivity contribution in [1.29, 1.82) is 0 Å². The maximum Gasteiger partial charge on any atom is 0.306 e. The quantitative estimate of drug-likeness (QED) is 0.443. The van der Waals surface area contributed by atoms with Gasteiger partial charge in [0.15, 0.2) is 17.7 Å². The highest BCUT2D eigenvalue weighted by atomic mass is 16.5. The average Bonchev–Trinajstić information content (AvgIpc) is 3.06. The van der Waals surface area contributed by atoms with Crippen LogP contribution in [0, 0.1) is 13.8 Å². The first kappa shape index (κ1) is 23.1. The number of aromatic nitrogens is 2. The first-order valence-corrected chi connectivity index (χ1v) is 11.0. The van der Waals surface area contributed by atoms with Gasteiger partial charge in [0.1, 0.15) is 0 Å². The molecule has 0 radical (unpaired) electrons. The summed E-state index contributed by atoms with van der Waals surface area (Å²) in [5.74, 6) is -1.53. The van der Waals surface area contributed by atoms with Gasteiger partial charge in [-0.15, -0.1) is 0 Å². The van der Waals surface area contributed by atoms with E-state index in [9.17, 15) is 19.2 Å². The summed E-state index contributed by atoms with van der Waals surface area (Å²) < 4.78 is 7.06. The van der Waals surface area contributed by atoms with Crippen molar-refractivity contribution >= 4 is 29.1 Å². The number of nitrogens with one attached hydrogen (secondary N) is 1. The Morgan fingerprint density at radius 3 is 2.24 bits per heavy atom. The van der Waals surface area contributed by atoms with E-state index >= 15 is 0 Å². The third-order valence-corrected chi connectivity index (χ3v) is 6.11. The molecule has 1 N–H and O–H groups in total. The van der Waals surface area contributed by atoms with E-state index in [1.165, 1.54) is 19.1 Å². The second-order valence-electron chi connectivity index (χ2n) is 8.36. The molecule has 8 heteroatoms. The van der Waals surface area contributed by atoms with Crippen LogP contribution in [0.15, 0.2) is 42.5 Å². The summed E-state index contributed by atoms with van der Waals surface area (Å²) in [5, 5.41) is 6.99. The molecule has 1 atom stereocenters. The molecule has 8 nitrogen and oxygen atoms in total. The Kier molecular flexibility index (Phi) is 6.15. The summed E-state index contributed by atoms with van der Waals surface area (Å²) >= 11 is 0. The van der Waals surface area contributed by atoms with Gasteiger partial charge in [0, 0.05) is 47.1 Å². The van der Waals surface area contributed by atoms with Crippen LogP contribution in [0.4, 0.5) is 5.69 Å². The van der Waals surface area contributed by atoms with E-state index in [2.05, 4.69) is 10.4 Å². The number of benzene rings is 2. The summed E-state index contributed by atoms with van der Waals surface area (Å²) in [7, 11) is 1.85. The summed E-state index contributed by atoms with van der Waals surface area (Å²) in [4.78, 5) is 50.5. The van der Waals surface area contributed by atoms with Gasteiger partial charge < -0.3 is 10.1 Å². The minimum Gasteiger partial charge on any atom is -0.453 e. The molecule has 1 aromatic heterocycles. The van der Waals surface area contributed by atoms with Crippen molar-refractivity contribution in [3.05, 3.63) is 81.7 Å². The predicted octanol–water partition coefficient (Wildman–Crippen LogP) is 3.32. The topological polar surface area (TPSA) is 107 Å². The number of carbonyl (C=O) groups is 4. The number of nitrogens with zero attached hydrogens (tertiary/aromatic N) is 2. The number of hydrogen-bond donors (Lipinski definition) is 1. The van der Waals surface area contributed by atoms with Crippen LogP contribution in [0.3, 0.4) is 0 Å². The van der Waals surface area contributed by atoms with E-state index in [1.54, 1.807) is 35.0 Å². The number of amides is 1. The van der Waals surface area contributed by atoms with E-state index in [-0.39, 0.29) is 23.6 Å². The first-order chi connectivity index (χ1) is 16.2. The lowest BCUT2D eigenvalue weighted by molar-refractivity contribution is -0.153. The predicted molar refractivity (Wildman–Crippen MR) is 125 cm³/mol. The van der Waals surface area contributed by atoms with Crippen molar-refractivity contribution < 1.29 is 23.9 Å².